The van der Waals surface area contributed by atoms with Crippen LogP contribution in [0.5, 0.6) is 5.75 Å². The van der Waals surface area contributed by atoms with E-state index in [1.807, 2.05) is 39.8 Å². The van der Waals surface area contributed by atoms with Crippen molar-refractivity contribution < 1.29 is 13.2 Å². The number of nitrogens with one attached hydrogen (secondary N) is 1. The quantitative estimate of drug-likeness (QED) is 0.746. The van der Waals surface area contributed by atoms with Gasteiger partial charge in [-0.3, -0.25) is 0 Å². The molecule has 0 aliphatic rings. The molecule has 5 nitrogen and oxygen atoms in total. The lowest BCUT2D eigenvalue weighted by Crippen LogP contribution is -2.27. The van der Waals surface area contributed by atoms with Crippen LogP contribution in [0.3, 0.4) is 0 Å². The van der Waals surface area contributed by atoms with Gasteiger partial charge in [-0.05, 0) is 71.6 Å². The van der Waals surface area contributed by atoms with E-state index in [1.54, 1.807) is 18.2 Å². The lowest BCUT2D eigenvalue weighted by Gasteiger charge is -2.14. The molecule has 1 N–H and O–H groups in total. The third-order valence-corrected chi connectivity index (χ3v) is 4.35. The van der Waals surface area contributed by atoms with Crippen LogP contribution in [0.1, 0.15) is 25.8 Å². The first kappa shape index (κ1) is 17.9. The number of sulfonamides is 1. The Morgan fingerprint density at radius 2 is 1.95 bits per heavy atom. The fourth-order valence-corrected chi connectivity index (χ4v) is 3.02. The predicted molar refractivity (Wildman–Crippen MR) is 85.3 cm³/mol. The highest BCUT2D eigenvalue weighted by Gasteiger charge is 2.15. The van der Waals surface area contributed by atoms with E-state index in [4.69, 9.17) is 4.74 Å². The summed E-state index contributed by atoms with van der Waals surface area (Å²) in [6, 6.07) is 4.94. The summed E-state index contributed by atoms with van der Waals surface area (Å²) in [7, 11) is 0.477. The summed E-state index contributed by atoms with van der Waals surface area (Å²) in [6.45, 7) is 7.02. The van der Waals surface area contributed by atoms with E-state index in [0.717, 1.165) is 24.3 Å². The molecule has 0 amide bonds. The Labute approximate surface area is 128 Å². The summed E-state index contributed by atoms with van der Waals surface area (Å²) in [6.07, 6.45) is 0.843. The van der Waals surface area contributed by atoms with Gasteiger partial charge in [-0.25, -0.2) is 13.1 Å². The maximum Gasteiger partial charge on any atom is 0.240 e. The lowest BCUT2D eigenvalue weighted by atomic mass is 10.2. The van der Waals surface area contributed by atoms with Crippen molar-refractivity contribution in [3.05, 3.63) is 23.8 Å². The minimum absolute atomic E-state index is 0.0651. The SMILES string of the molecule is Cc1cc(S(=O)(=O)NCCCN(C)C)ccc1OC(C)C. The van der Waals surface area contributed by atoms with Gasteiger partial charge in [0.05, 0.1) is 11.0 Å². The molecule has 0 bridgehead atoms. The fourth-order valence-electron chi connectivity index (χ4n) is 1.86. The van der Waals surface area contributed by atoms with E-state index in [2.05, 4.69) is 4.72 Å². The van der Waals surface area contributed by atoms with Gasteiger partial charge in [-0.1, -0.05) is 0 Å². The van der Waals surface area contributed by atoms with Crippen molar-refractivity contribution in [2.24, 2.45) is 0 Å². The number of hydrogen-bond acceptors (Lipinski definition) is 4. The largest absolute Gasteiger partial charge is 0.491 e. The normalized spacial score (nSPS) is 12.1. The van der Waals surface area contributed by atoms with Gasteiger partial charge in [0.15, 0.2) is 0 Å². The summed E-state index contributed by atoms with van der Waals surface area (Å²) in [5, 5.41) is 0. The van der Waals surface area contributed by atoms with Crippen LogP contribution in [-0.4, -0.2) is 46.6 Å². The zero-order valence-electron chi connectivity index (χ0n) is 13.5. The summed E-state index contributed by atoms with van der Waals surface area (Å²) >= 11 is 0. The smallest absolute Gasteiger partial charge is 0.240 e. The highest BCUT2D eigenvalue weighted by molar-refractivity contribution is 7.89. The number of benzene rings is 1. The van der Waals surface area contributed by atoms with Gasteiger partial charge < -0.3 is 9.64 Å². The zero-order valence-corrected chi connectivity index (χ0v) is 14.3. The third kappa shape index (κ3) is 6.03. The first-order valence-corrected chi connectivity index (χ1v) is 8.62. The van der Waals surface area contributed by atoms with Crippen LogP contribution < -0.4 is 9.46 Å². The van der Waals surface area contributed by atoms with Crippen molar-refractivity contribution in [1.29, 1.82) is 0 Å². The standard InChI is InChI=1S/C15H26N2O3S/c1-12(2)20-15-8-7-14(11-13(15)3)21(18,19)16-9-6-10-17(4)5/h7-8,11-12,16H,6,9-10H2,1-5H3. The maximum atomic E-state index is 12.2. The topological polar surface area (TPSA) is 58.6 Å². The number of nitrogens with zero attached hydrogens (tertiary/aromatic N) is 1. The monoisotopic (exact) mass is 314 g/mol. The van der Waals surface area contributed by atoms with Crippen LogP contribution in [0.25, 0.3) is 0 Å². The number of hydrogen-bond donors (Lipinski definition) is 1. The second kappa shape index (κ2) is 7.77. The third-order valence-electron chi connectivity index (χ3n) is 2.89. The van der Waals surface area contributed by atoms with E-state index in [0.29, 0.717) is 6.54 Å². The average molecular weight is 314 g/mol. The molecule has 0 aliphatic heterocycles. The minimum atomic E-state index is -3.45. The van der Waals surface area contributed by atoms with Crippen molar-refractivity contribution in [2.75, 3.05) is 27.2 Å². The number of ether oxygens (including phenoxy) is 1. The molecule has 0 unspecified atom stereocenters. The molecular formula is C15H26N2O3S. The average Bonchev–Trinajstić information content (AvgIpc) is 2.36. The van der Waals surface area contributed by atoms with Gasteiger partial charge in [0.2, 0.25) is 10.0 Å². The van der Waals surface area contributed by atoms with Gasteiger partial charge in [0.1, 0.15) is 5.75 Å². The molecule has 120 valence electrons. The molecule has 0 aromatic heterocycles. The van der Waals surface area contributed by atoms with Gasteiger partial charge in [0, 0.05) is 6.54 Å². The Bertz CT molecular complexity index is 554. The van der Waals surface area contributed by atoms with Gasteiger partial charge in [-0.15, -0.1) is 0 Å². The van der Waals surface area contributed by atoms with Crippen LogP contribution in [-0.2, 0) is 10.0 Å². The second-order valence-electron chi connectivity index (χ2n) is 5.65. The Morgan fingerprint density at radius 1 is 1.29 bits per heavy atom. The molecule has 0 saturated carbocycles. The van der Waals surface area contributed by atoms with E-state index in [-0.39, 0.29) is 11.0 Å². The van der Waals surface area contributed by atoms with Crippen molar-refractivity contribution >= 4 is 10.0 Å². The molecule has 0 fully saturated rings. The fraction of sp³-hybridized carbons (Fsp3) is 0.600. The molecule has 6 heteroatoms. The first-order chi connectivity index (χ1) is 9.72. The Balaban J connectivity index is 2.73. The molecule has 1 aromatic carbocycles. The summed E-state index contributed by atoms with van der Waals surface area (Å²) in [5.41, 5.74) is 0.819. The summed E-state index contributed by atoms with van der Waals surface area (Å²) in [5.74, 6) is 0.719. The highest BCUT2D eigenvalue weighted by atomic mass is 32.2. The maximum absolute atomic E-state index is 12.2. The van der Waals surface area contributed by atoms with Crippen LogP contribution >= 0.6 is 0 Å². The molecule has 1 aromatic rings. The van der Waals surface area contributed by atoms with Gasteiger partial charge in [-0.2, -0.15) is 0 Å². The first-order valence-electron chi connectivity index (χ1n) is 7.14. The van der Waals surface area contributed by atoms with Crippen molar-refractivity contribution in [1.82, 2.24) is 9.62 Å². The minimum Gasteiger partial charge on any atom is -0.491 e. The van der Waals surface area contributed by atoms with Gasteiger partial charge >= 0.3 is 0 Å². The summed E-state index contributed by atoms with van der Waals surface area (Å²) in [4.78, 5) is 2.30. The van der Waals surface area contributed by atoms with Crippen LogP contribution in [0, 0.1) is 6.92 Å². The van der Waals surface area contributed by atoms with E-state index < -0.39 is 10.0 Å². The predicted octanol–water partition coefficient (Wildman–Crippen LogP) is 2.01. The molecular weight excluding hydrogens is 288 g/mol. The molecule has 1 rings (SSSR count). The van der Waals surface area contributed by atoms with E-state index in [1.165, 1.54) is 0 Å². The Hall–Kier alpha value is -1.11. The van der Waals surface area contributed by atoms with Gasteiger partial charge in [0.25, 0.3) is 0 Å². The van der Waals surface area contributed by atoms with Crippen molar-refractivity contribution in [3.8, 4) is 5.75 Å². The molecule has 21 heavy (non-hydrogen) atoms. The van der Waals surface area contributed by atoms with Crippen molar-refractivity contribution in [2.45, 2.75) is 38.2 Å². The molecule has 0 aliphatic carbocycles. The van der Waals surface area contributed by atoms with E-state index >= 15 is 0 Å². The second-order valence-corrected chi connectivity index (χ2v) is 7.42. The van der Waals surface area contributed by atoms with Crippen LogP contribution in [0.4, 0.5) is 0 Å². The molecule has 0 atom stereocenters. The molecule has 0 saturated heterocycles. The molecule has 0 heterocycles. The molecule has 0 radical (unpaired) electrons. The highest BCUT2D eigenvalue weighted by Crippen LogP contribution is 2.22. The number of rotatable bonds is 8. The van der Waals surface area contributed by atoms with Crippen LogP contribution in [0.15, 0.2) is 23.1 Å². The van der Waals surface area contributed by atoms with E-state index in [9.17, 15) is 8.42 Å². The lowest BCUT2D eigenvalue weighted by molar-refractivity contribution is 0.240. The van der Waals surface area contributed by atoms with Crippen molar-refractivity contribution in [3.63, 3.8) is 0 Å². The zero-order chi connectivity index (χ0) is 16.0. The Morgan fingerprint density at radius 3 is 2.48 bits per heavy atom. The Kier molecular flexibility index (Phi) is 6.64. The molecule has 0 spiro atoms. The summed E-state index contributed by atoms with van der Waals surface area (Å²) < 4.78 is 32.6. The number of aryl methyl sites for hydroxylation is 1. The van der Waals surface area contributed by atoms with Crippen LogP contribution in [0.2, 0.25) is 0 Å².